The van der Waals surface area contributed by atoms with Crippen LogP contribution < -0.4 is 14.8 Å². The summed E-state index contributed by atoms with van der Waals surface area (Å²) in [6.45, 7) is 1.95. The first kappa shape index (κ1) is 20.6. The van der Waals surface area contributed by atoms with Gasteiger partial charge >= 0.3 is 0 Å². The zero-order valence-electron chi connectivity index (χ0n) is 16.3. The molecule has 0 radical (unpaired) electrons. The molecule has 0 bridgehead atoms. The highest BCUT2D eigenvalue weighted by Gasteiger charge is 2.11. The molecule has 7 nitrogen and oxygen atoms in total. The predicted octanol–water partition coefficient (Wildman–Crippen LogP) is 3.75. The number of amides is 1. The minimum Gasteiger partial charge on any atom is -0.491 e. The number of pyridine rings is 1. The zero-order valence-corrected chi connectivity index (χ0v) is 17.1. The lowest BCUT2D eigenvalue weighted by Gasteiger charge is -2.12. The number of methoxy groups -OCH3 is 1. The average molecular weight is 410 g/mol. The zero-order chi connectivity index (χ0) is 20.5. The Bertz CT molecular complexity index is 936. The highest BCUT2D eigenvalue weighted by atomic mass is 32.2. The Hall–Kier alpha value is -3.13. The van der Waals surface area contributed by atoms with Gasteiger partial charge in [0.2, 0.25) is 0 Å². The number of hydrogen-bond donors (Lipinski definition) is 1. The molecule has 1 amide bonds. The van der Waals surface area contributed by atoms with Crippen LogP contribution in [-0.2, 0) is 17.0 Å². The predicted molar refractivity (Wildman–Crippen MR) is 112 cm³/mol. The van der Waals surface area contributed by atoms with Crippen molar-refractivity contribution < 1.29 is 14.3 Å². The first-order valence-electron chi connectivity index (χ1n) is 9.12. The van der Waals surface area contributed by atoms with E-state index in [2.05, 4.69) is 27.2 Å². The topological polar surface area (TPSA) is 86.2 Å². The maximum atomic E-state index is 12.2. The Labute approximate surface area is 173 Å². The monoisotopic (exact) mass is 410 g/mol. The number of rotatable bonds is 9. The second-order valence-corrected chi connectivity index (χ2v) is 6.98. The maximum absolute atomic E-state index is 12.2. The fourth-order valence-corrected chi connectivity index (χ4v) is 3.18. The van der Waals surface area contributed by atoms with Gasteiger partial charge in [-0.05, 0) is 30.2 Å². The van der Waals surface area contributed by atoms with Gasteiger partial charge in [-0.3, -0.25) is 9.78 Å². The van der Waals surface area contributed by atoms with Gasteiger partial charge < -0.3 is 14.8 Å². The lowest BCUT2D eigenvalue weighted by atomic mass is 10.1. The van der Waals surface area contributed by atoms with Crippen LogP contribution in [0.3, 0.4) is 0 Å². The SMILES string of the molecule is CCc1ccc(NC(=O)COc2cc(CSc3ncccn3)ncc2OC)cc1. The number of ether oxygens (including phenoxy) is 2. The fourth-order valence-electron chi connectivity index (χ4n) is 2.47. The molecule has 0 aliphatic rings. The van der Waals surface area contributed by atoms with Crippen molar-refractivity contribution in [3.8, 4) is 11.5 Å². The van der Waals surface area contributed by atoms with Gasteiger partial charge in [0.15, 0.2) is 23.3 Å². The fraction of sp³-hybridized carbons (Fsp3) is 0.238. The van der Waals surface area contributed by atoms with Crippen molar-refractivity contribution in [2.24, 2.45) is 0 Å². The Morgan fingerprint density at radius 1 is 1.10 bits per heavy atom. The largest absolute Gasteiger partial charge is 0.491 e. The van der Waals surface area contributed by atoms with Crippen LogP contribution in [0.25, 0.3) is 0 Å². The molecule has 0 spiro atoms. The number of aromatic nitrogens is 3. The summed E-state index contributed by atoms with van der Waals surface area (Å²) in [6.07, 6.45) is 5.92. The van der Waals surface area contributed by atoms with Gasteiger partial charge in [0.05, 0.1) is 19.0 Å². The Morgan fingerprint density at radius 3 is 2.55 bits per heavy atom. The van der Waals surface area contributed by atoms with E-state index in [1.807, 2.05) is 24.3 Å². The summed E-state index contributed by atoms with van der Waals surface area (Å²) in [6, 6.07) is 11.3. The van der Waals surface area contributed by atoms with Gasteiger partial charge in [0.1, 0.15) is 0 Å². The van der Waals surface area contributed by atoms with E-state index in [1.54, 1.807) is 30.7 Å². The van der Waals surface area contributed by atoms with Gasteiger partial charge in [-0.15, -0.1) is 0 Å². The van der Waals surface area contributed by atoms with Gasteiger partial charge in [-0.25, -0.2) is 9.97 Å². The van der Waals surface area contributed by atoms with Crippen molar-refractivity contribution >= 4 is 23.4 Å². The molecule has 2 aromatic heterocycles. The van der Waals surface area contributed by atoms with E-state index in [1.165, 1.54) is 24.4 Å². The van der Waals surface area contributed by atoms with Crippen molar-refractivity contribution in [3.63, 3.8) is 0 Å². The molecule has 0 aliphatic heterocycles. The molecule has 1 N–H and O–H groups in total. The van der Waals surface area contributed by atoms with E-state index in [0.29, 0.717) is 22.4 Å². The smallest absolute Gasteiger partial charge is 0.262 e. The Balaban J connectivity index is 1.58. The number of aryl methyl sites for hydroxylation is 1. The van der Waals surface area contributed by atoms with Crippen LogP contribution in [0.15, 0.2) is 60.1 Å². The number of thioether (sulfide) groups is 1. The summed E-state index contributed by atoms with van der Waals surface area (Å²) in [5, 5.41) is 3.49. The lowest BCUT2D eigenvalue weighted by molar-refractivity contribution is -0.118. The highest BCUT2D eigenvalue weighted by Crippen LogP contribution is 2.28. The number of anilines is 1. The molecule has 0 unspecified atom stereocenters. The summed E-state index contributed by atoms with van der Waals surface area (Å²) in [5.41, 5.74) is 2.72. The number of carbonyl (C=O) groups is 1. The van der Waals surface area contributed by atoms with Gasteiger partial charge in [0, 0.05) is 29.9 Å². The molecule has 3 aromatic rings. The molecule has 3 rings (SSSR count). The Kier molecular flexibility index (Phi) is 7.40. The number of nitrogens with zero attached hydrogens (tertiary/aromatic N) is 3. The van der Waals surface area contributed by atoms with Crippen LogP contribution in [0.5, 0.6) is 11.5 Å². The van der Waals surface area contributed by atoms with Gasteiger partial charge in [0.25, 0.3) is 5.91 Å². The van der Waals surface area contributed by atoms with E-state index in [0.717, 1.165) is 17.8 Å². The van der Waals surface area contributed by atoms with Crippen LogP contribution in [0, 0.1) is 0 Å². The summed E-state index contributed by atoms with van der Waals surface area (Å²) in [5.74, 6) is 1.25. The van der Waals surface area contributed by atoms with Crippen molar-refractivity contribution in [2.75, 3.05) is 19.0 Å². The number of hydrogen-bond acceptors (Lipinski definition) is 7. The van der Waals surface area contributed by atoms with Gasteiger partial charge in [-0.2, -0.15) is 0 Å². The molecule has 150 valence electrons. The minimum absolute atomic E-state index is 0.135. The van der Waals surface area contributed by atoms with Gasteiger partial charge in [-0.1, -0.05) is 30.8 Å². The summed E-state index contributed by atoms with van der Waals surface area (Å²) in [7, 11) is 1.53. The van der Waals surface area contributed by atoms with Crippen molar-refractivity contribution in [1.29, 1.82) is 0 Å². The normalized spacial score (nSPS) is 10.4. The average Bonchev–Trinajstić information content (AvgIpc) is 2.77. The summed E-state index contributed by atoms with van der Waals surface area (Å²) < 4.78 is 11.0. The van der Waals surface area contributed by atoms with Crippen LogP contribution in [0.4, 0.5) is 5.69 Å². The molecule has 0 saturated heterocycles. The van der Waals surface area contributed by atoms with Crippen molar-refractivity contribution in [1.82, 2.24) is 15.0 Å². The molecular formula is C21H22N4O3S. The third-order valence-electron chi connectivity index (χ3n) is 4.00. The first-order chi connectivity index (χ1) is 14.2. The second-order valence-electron chi connectivity index (χ2n) is 6.03. The third-order valence-corrected chi connectivity index (χ3v) is 4.91. The maximum Gasteiger partial charge on any atom is 0.262 e. The van der Waals surface area contributed by atoms with Crippen molar-refractivity contribution in [3.05, 3.63) is 66.2 Å². The van der Waals surface area contributed by atoms with E-state index in [-0.39, 0.29) is 12.5 Å². The molecule has 0 aliphatic carbocycles. The quantitative estimate of drug-likeness (QED) is 0.425. The molecule has 0 atom stereocenters. The summed E-state index contributed by atoms with van der Waals surface area (Å²) in [4.78, 5) is 24.9. The van der Waals surface area contributed by atoms with E-state index >= 15 is 0 Å². The third kappa shape index (κ3) is 6.18. The molecule has 0 fully saturated rings. The molecular weight excluding hydrogens is 388 g/mol. The molecule has 0 saturated carbocycles. The van der Waals surface area contributed by atoms with Crippen LogP contribution in [0.2, 0.25) is 0 Å². The molecule has 8 heteroatoms. The Morgan fingerprint density at radius 2 is 1.86 bits per heavy atom. The number of benzene rings is 1. The number of carbonyl (C=O) groups excluding carboxylic acids is 1. The second kappa shape index (κ2) is 10.4. The van der Waals surface area contributed by atoms with Crippen LogP contribution in [0.1, 0.15) is 18.2 Å². The molecule has 2 heterocycles. The van der Waals surface area contributed by atoms with Crippen LogP contribution >= 0.6 is 11.8 Å². The summed E-state index contributed by atoms with van der Waals surface area (Å²) >= 11 is 1.46. The minimum atomic E-state index is -0.248. The van der Waals surface area contributed by atoms with E-state index in [4.69, 9.17) is 9.47 Å². The van der Waals surface area contributed by atoms with E-state index < -0.39 is 0 Å². The number of nitrogens with one attached hydrogen (secondary N) is 1. The molecule has 29 heavy (non-hydrogen) atoms. The lowest BCUT2D eigenvalue weighted by Crippen LogP contribution is -2.20. The van der Waals surface area contributed by atoms with Crippen LogP contribution in [-0.4, -0.2) is 34.6 Å². The standard InChI is InChI=1S/C21H22N4O3S/c1-3-15-5-7-16(8-6-15)25-20(26)13-28-18-11-17(24-12-19(18)27-2)14-29-21-22-9-4-10-23-21/h4-12H,3,13-14H2,1-2H3,(H,25,26). The first-order valence-corrected chi connectivity index (χ1v) is 10.1. The highest BCUT2D eigenvalue weighted by molar-refractivity contribution is 7.98. The van der Waals surface area contributed by atoms with E-state index in [9.17, 15) is 4.79 Å². The molecule has 1 aromatic carbocycles. The van der Waals surface area contributed by atoms with Crippen molar-refractivity contribution in [2.45, 2.75) is 24.3 Å².